The molecule has 7 nitrogen and oxygen atoms in total. The molecule has 0 bridgehead atoms. The van der Waals surface area contributed by atoms with E-state index in [4.69, 9.17) is 11.6 Å². The summed E-state index contributed by atoms with van der Waals surface area (Å²) in [5.41, 5.74) is 2.42. The van der Waals surface area contributed by atoms with Gasteiger partial charge in [-0.25, -0.2) is 13.4 Å². The second-order valence-electron chi connectivity index (χ2n) is 7.17. The smallest absolute Gasteiger partial charge is 0.261 e. The van der Waals surface area contributed by atoms with Crippen LogP contribution in [0.15, 0.2) is 77.7 Å². The minimum Gasteiger partial charge on any atom is -0.350 e. The molecule has 9 heteroatoms. The van der Waals surface area contributed by atoms with Crippen molar-refractivity contribution in [1.82, 2.24) is 14.9 Å². The molecule has 4 rings (SSSR count). The summed E-state index contributed by atoms with van der Waals surface area (Å²) in [6, 6.07) is 20.2. The Morgan fingerprint density at radius 3 is 2.59 bits per heavy atom. The summed E-state index contributed by atoms with van der Waals surface area (Å²) in [6.07, 6.45) is 0. The molecule has 0 aliphatic heterocycles. The van der Waals surface area contributed by atoms with E-state index < -0.39 is 10.0 Å². The van der Waals surface area contributed by atoms with Gasteiger partial charge in [-0.3, -0.25) is 9.52 Å². The van der Waals surface area contributed by atoms with Gasteiger partial charge < -0.3 is 9.88 Å². The number of hydrogen-bond donors (Lipinski definition) is 2. The lowest BCUT2D eigenvalue weighted by Gasteiger charge is -2.11. The first kappa shape index (κ1) is 21.9. The van der Waals surface area contributed by atoms with Crippen LogP contribution in [0.3, 0.4) is 0 Å². The molecule has 0 spiro atoms. The largest absolute Gasteiger partial charge is 0.350 e. The van der Waals surface area contributed by atoms with Crippen LogP contribution in [0, 0.1) is 6.92 Å². The third-order valence-corrected chi connectivity index (χ3v) is 6.68. The van der Waals surface area contributed by atoms with Crippen LogP contribution in [-0.4, -0.2) is 30.4 Å². The van der Waals surface area contributed by atoms with Crippen LogP contribution in [-0.2, 0) is 16.6 Å². The van der Waals surface area contributed by atoms with E-state index in [1.165, 1.54) is 18.2 Å². The topological polar surface area (TPSA) is 93.1 Å². The molecular formula is C23H21ClN4O3S. The third kappa shape index (κ3) is 4.61. The molecule has 0 aliphatic rings. The Morgan fingerprint density at radius 1 is 1.03 bits per heavy atom. The number of aromatic nitrogens is 2. The highest BCUT2D eigenvalue weighted by Gasteiger charge is 2.18. The van der Waals surface area contributed by atoms with E-state index >= 15 is 0 Å². The molecule has 0 saturated heterocycles. The van der Waals surface area contributed by atoms with Gasteiger partial charge in [-0.1, -0.05) is 41.9 Å². The zero-order valence-electron chi connectivity index (χ0n) is 17.2. The van der Waals surface area contributed by atoms with Crippen molar-refractivity contribution in [3.05, 3.63) is 89.2 Å². The fourth-order valence-electron chi connectivity index (χ4n) is 3.41. The Hall–Kier alpha value is -3.36. The monoisotopic (exact) mass is 468 g/mol. The van der Waals surface area contributed by atoms with Gasteiger partial charge in [-0.05, 0) is 49.4 Å². The van der Waals surface area contributed by atoms with Crippen LogP contribution in [0.5, 0.6) is 0 Å². The first-order valence-corrected chi connectivity index (χ1v) is 11.8. The molecule has 32 heavy (non-hydrogen) atoms. The Bertz CT molecular complexity index is 1400. The molecule has 1 aromatic heterocycles. The van der Waals surface area contributed by atoms with Gasteiger partial charge >= 0.3 is 0 Å². The average molecular weight is 469 g/mol. The number of halogens is 1. The molecule has 3 aromatic carbocycles. The molecule has 4 aromatic rings. The minimum absolute atomic E-state index is 0.0264. The lowest BCUT2D eigenvalue weighted by atomic mass is 10.2. The van der Waals surface area contributed by atoms with Gasteiger partial charge in [-0.15, -0.1) is 0 Å². The molecule has 0 atom stereocenters. The standard InChI is InChI=1S/C23H21ClN4O3S/c1-16-26-21-11-4-5-12-22(21)28(16)14-13-25-23(29)17-7-6-8-18(15-17)32(30,31)27-20-10-3-2-9-19(20)24/h2-12,15,27H,13-14H2,1H3,(H,25,29). The summed E-state index contributed by atoms with van der Waals surface area (Å²) in [6.45, 7) is 2.83. The Balaban J connectivity index is 1.45. The molecule has 0 fully saturated rings. The van der Waals surface area contributed by atoms with Crippen LogP contribution in [0.1, 0.15) is 16.2 Å². The number of anilines is 1. The molecule has 0 saturated carbocycles. The highest BCUT2D eigenvalue weighted by Crippen LogP contribution is 2.24. The van der Waals surface area contributed by atoms with Crippen molar-refractivity contribution in [3.63, 3.8) is 0 Å². The fraction of sp³-hybridized carbons (Fsp3) is 0.130. The van der Waals surface area contributed by atoms with Gasteiger partial charge in [0.1, 0.15) is 5.82 Å². The van der Waals surface area contributed by atoms with E-state index in [1.54, 1.807) is 30.3 Å². The number of imidazole rings is 1. The number of carbonyl (C=O) groups excluding carboxylic acids is 1. The fourth-order valence-corrected chi connectivity index (χ4v) is 4.78. The van der Waals surface area contributed by atoms with Crippen molar-refractivity contribution in [2.24, 2.45) is 0 Å². The number of benzene rings is 3. The number of fused-ring (bicyclic) bond motifs is 1. The predicted molar refractivity (Wildman–Crippen MR) is 126 cm³/mol. The normalized spacial score (nSPS) is 11.4. The average Bonchev–Trinajstić information content (AvgIpc) is 3.10. The Labute approximate surface area is 191 Å². The van der Waals surface area contributed by atoms with Crippen LogP contribution >= 0.6 is 11.6 Å². The SMILES string of the molecule is Cc1nc2ccccc2n1CCNC(=O)c1cccc(S(=O)(=O)Nc2ccccc2Cl)c1. The van der Waals surface area contributed by atoms with Crippen molar-refractivity contribution >= 4 is 44.3 Å². The van der Waals surface area contributed by atoms with Gasteiger partial charge in [0.2, 0.25) is 0 Å². The van der Waals surface area contributed by atoms with Gasteiger partial charge in [0, 0.05) is 18.7 Å². The van der Waals surface area contributed by atoms with Gasteiger partial charge in [-0.2, -0.15) is 0 Å². The Kier molecular flexibility index (Phi) is 6.16. The number of sulfonamides is 1. The number of carbonyl (C=O) groups is 1. The highest BCUT2D eigenvalue weighted by molar-refractivity contribution is 7.92. The quantitative estimate of drug-likeness (QED) is 0.424. The van der Waals surface area contributed by atoms with Crippen molar-refractivity contribution in [2.75, 3.05) is 11.3 Å². The van der Waals surface area contributed by atoms with Crippen molar-refractivity contribution in [2.45, 2.75) is 18.4 Å². The lowest BCUT2D eigenvalue weighted by molar-refractivity contribution is 0.0952. The van der Waals surface area contributed by atoms with E-state index in [1.807, 2.05) is 35.8 Å². The van der Waals surface area contributed by atoms with Gasteiger partial charge in [0.15, 0.2) is 0 Å². The molecule has 1 heterocycles. The van der Waals surface area contributed by atoms with E-state index in [2.05, 4.69) is 15.0 Å². The number of aryl methyl sites for hydroxylation is 1. The van der Waals surface area contributed by atoms with Crippen LogP contribution < -0.4 is 10.0 Å². The van der Waals surface area contributed by atoms with Crippen molar-refractivity contribution in [3.8, 4) is 0 Å². The molecule has 1 amide bonds. The summed E-state index contributed by atoms with van der Waals surface area (Å²) in [7, 11) is -3.90. The summed E-state index contributed by atoms with van der Waals surface area (Å²) in [5.74, 6) is 0.501. The van der Waals surface area contributed by atoms with E-state index in [-0.39, 0.29) is 27.1 Å². The Morgan fingerprint density at radius 2 is 1.78 bits per heavy atom. The summed E-state index contributed by atoms with van der Waals surface area (Å²) >= 11 is 6.05. The molecule has 0 radical (unpaired) electrons. The zero-order chi connectivity index (χ0) is 22.7. The van der Waals surface area contributed by atoms with Gasteiger partial charge in [0.25, 0.3) is 15.9 Å². The second kappa shape index (κ2) is 9.02. The molecular weight excluding hydrogens is 448 g/mol. The number of nitrogens with one attached hydrogen (secondary N) is 2. The van der Waals surface area contributed by atoms with E-state index in [0.717, 1.165) is 16.9 Å². The second-order valence-corrected chi connectivity index (χ2v) is 9.26. The van der Waals surface area contributed by atoms with Crippen LogP contribution in [0.2, 0.25) is 5.02 Å². The molecule has 164 valence electrons. The molecule has 0 unspecified atom stereocenters. The van der Waals surface area contributed by atoms with Crippen LogP contribution in [0.4, 0.5) is 5.69 Å². The number of para-hydroxylation sites is 3. The van der Waals surface area contributed by atoms with E-state index in [9.17, 15) is 13.2 Å². The number of nitrogens with zero attached hydrogens (tertiary/aromatic N) is 2. The summed E-state index contributed by atoms with van der Waals surface area (Å²) < 4.78 is 30.0. The summed E-state index contributed by atoms with van der Waals surface area (Å²) in [5, 5.41) is 3.13. The van der Waals surface area contributed by atoms with Crippen molar-refractivity contribution in [1.29, 1.82) is 0 Å². The van der Waals surface area contributed by atoms with E-state index in [0.29, 0.717) is 13.1 Å². The number of hydrogen-bond acceptors (Lipinski definition) is 4. The number of rotatable bonds is 7. The predicted octanol–water partition coefficient (Wildman–Crippen LogP) is 4.23. The maximum absolute atomic E-state index is 12.7. The molecule has 0 aliphatic carbocycles. The number of amides is 1. The molecule has 2 N–H and O–H groups in total. The third-order valence-electron chi connectivity index (χ3n) is 4.99. The minimum atomic E-state index is -3.90. The van der Waals surface area contributed by atoms with Crippen LogP contribution in [0.25, 0.3) is 11.0 Å². The zero-order valence-corrected chi connectivity index (χ0v) is 18.8. The maximum atomic E-state index is 12.7. The lowest BCUT2D eigenvalue weighted by Crippen LogP contribution is -2.27. The maximum Gasteiger partial charge on any atom is 0.261 e. The summed E-state index contributed by atoms with van der Waals surface area (Å²) in [4.78, 5) is 17.1. The van der Waals surface area contributed by atoms with Gasteiger partial charge in [0.05, 0.1) is 26.6 Å². The first-order valence-electron chi connectivity index (χ1n) is 9.92. The van der Waals surface area contributed by atoms with Crippen molar-refractivity contribution < 1.29 is 13.2 Å². The highest BCUT2D eigenvalue weighted by atomic mass is 35.5. The first-order chi connectivity index (χ1) is 15.3.